The SMILES string of the molecule is N#Cc1ccc(-c2cccc(-c3ccc(-c4nc5ccccc5o4)cc3)c2-c2ccc(-c3nc(-c4ccccc4)nc(-c4ccccc4)n3)cc2)cc1. The van der Waals surface area contributed by atoms with Gasteiger partial charge in [-0.2, -0.15) is 5.26 Å². The van der Waals surface area contributed by atoms with Gasteiger partial charge in [0.2, 0.25) is 5.89 Å². The molecule has 2 aromatic heterocycles. The van der Waals surface area contributed by atoms with Gasteiger partial charge in [-0.05, 0) is 69.8 Å². The second-order valence-corrected chi connectivity index (χ2v) is 12.6. The number of hydrogen-bond donors (Lipinski definition) is 0. The molecule has 6 nitrogen and oxygen atoms in total. The summed E-state index contributed by atoms with van der Waals surface area (Å²) >= 11 is 0. The van der Waals surface area contributed by atoms with E-state index >= 15 is 0 Å². The highest BCUT2D eigenvalue weighted by atomic mass is 16.3. The predicted octanol–water partition coefficient (Wildman–Crippen LogP) is 11.6. The number of benzene rings is 7. The molecular weight excluding hydrogens is 651 g/mol. The minimum absolute atomic E-state index is 0.587. The number of nitrogens with zero attached hydrogens (tertiary/aromatic N) is 5. The average Bonchev–Trinajstić information content (AvgIpc) is 3.69. The molecule has 0 saturated heterocycles. The lowest BCUT2D eigenvalue weighted by molar-refractivity contribution is 0.620. The number of oxazole rings is 1. The summed E-state index contributed by atoms with van der Waals surface area (Å²) in [5.74, 6) is 2.42. The molecule has 0 aliphatic rings. The Bertz CT molecular complexity index is 2660. The van der Waals surface area contributed by atoms with Crippen LogP contribution in [0, 0.1) is 11.3 Å². The first-order valence-corrected chi connectivity index (χ1v) is 17.3. The molecule has 0 N–H and O–H groups in total. The molecule has 0 radical (unpaired) electrons. The molecule has 0 unspecified atom stereocenters. The third-order valence-corrected chi connectivity index (χ3v) is 9.26. The van der Waals surface area contributed by atoms with Crippen LogP contribution in [-0.2, 0) is 0 Å². The summed E-state index contributed by atoms with van der Waals surface area (Å²) in [4.78, 5) is 19.4. The summed E-state index contributed by atoms with van der Waals surface area (Å²) in [6.45, 7) is 0. The van der Waals surface area contributed by atoms with Crippen molar-refractivity contribution < 1.29 is 4.42 Å². The lowest BCUT2D eigenvalue weighted by atomic mass is 9.87. The van der Waals surface area contributed by atoms with Gasteiger partial charge in [0.1, 0.15) is 5.52 Å². The second kappa shape index (κ2) is 13.7. The largest absolute Gasteiger partial charge is 0.436 e. The fourth-order valence-corrected chi connectivity index (χ4v) is 6.58. The monoisotopic (exact) mass is 679 g/mol. The van der Waals surface area contributed by atoms with Crippen molar-refractivity contribution in [1.82, 2.24) is 19.9 Å². The molecule has 2 heterocycles. The summed E-state index contributed by atoms with van der Waals surface area (Å²) in [6, 6.07) is 60.8. The quantitative estimate of drug-likeness (QED) is 0.167. The molecule has 53 heavy (non-hydrogen) atoms. The second-order valence-electron chi connectivity index (χ2n) is 12.6. The highest BCUT2D eigenvalue weighted by Gasteiger charge is 2.17. The van der Waals surface area contributed by atoms with Crippen molar-refractivity contribution >= 4 is 11.1 Å². The van der Waals surface area contributed by atoms with Crippen LogP contribution in [0.4, 0.5) is 0 Å². The highest BCUT2D eigenvalue weighted by molar-refractivity contribution is 5.95. The van der Waals surface area contributed by atoms with Gasteiger partial charge in [0, 0.05) is 22.3 Å². The van der Waals surface area contributed by atoms with Gasteiger partial charge in [-0.25, -0.2) is 19.9 Å². The summed E-state index contributed by atoms with van der Waals surface area (Å²) in [5.41, 5.74) is 12.1. The first kappa shape index (κ1) is 31.5. The van der Waals surface area contributed by atoms with Crippen LogP contribution >= 0.6 is 0 Å². The van der Waals surface area contributed by atoms with E-state index in [1.807, 2.05) is 109 Å². The van der Waals surface area contributed by atoms with Crippen molar-refractivity contribution in [3.05, 3.63) is 181 Å². The van der Waals surface area contributed by atoms with E-state index < -0.39 is 0 Å². The van der Waals surface area contributed by atoms with Crippen molar-refractivity contribution in [1.29, 1.82) is 5.26 Å². The van der Waals surface area contributed by atoms with Crippen LogP contribution in [0.15, 0.2) is 180 Å². The lowest BCUT2D eigenvalue weighted by Crippen LogP contribution is -2.00. The van der Waals surface area contributed by atoms with E-state index in [0.29, 0.717) is 28.9 Å². The van der Waals surface area contributed by atoms with Gasteiger partial charge in [-0.3, -0.25) is 0 Å². The molecule has 9 aromatic rings. The molecule has 0 spiro atoms. The molecule has 0 fully saturated rings. The van der Waals surface area contributed by atoms with E-state index in [4.69, 9.17) is 24.4 Å². The van der Waals surface area contributed by atoms with Crippen molar-refractivity contribution in [3.63, 3.8) is 0 Å². The summed E-state index contributed by atoms with van der Waals surface area (Å²) < 4.78 is 6.05. The maximum Gasteiger partial charge on any atom is 0.227 e. The van der Waals surface area contributed by atoms with E-state index in [2.05, 4.69) is 72.8 Å². The Hall–Kier alpha value is -7.49. The number of fused-ring (bicyclic) bond motifs is 1. The standard InChI is InChI=1S/C47H29N5O/c48-30-31-18-20-32(21-19-31)39-14-9-15-40(33-22-28-38(29-23-33)47-49-41-16-7-8-17-42(41)53-47)43(39)34-24-26-37(27-25-34)46-51-44(35-10-3-1-4-11-35)50-45(52-46)36-12-5-2-6-13-36/h1-29H. The summed E-state index contributed by atoms with van der Waals surface area (Å²) in [6.07, 6.45) is 0. The first-order chi connectivity index (χ1) is 26.2. The molecule has 9 rings (SSSR count). The smallest absolute Gasteiger partial charge is 0.227 e. The van der Waals surface area contributed by atoms with E-state index in [9.17, 15) is 5.26 Å². The molecule has 248 valence electrons. The molecule has 0 bridgehead atoms. The molecule has 0 aliphatic carbocycles. The average molecular weight is 680 g/mol. The van der Waals surface area contributed by atoms with Crippen molar-refractivity contribution in [2.45, 2.75) is 0 Å². The minimum atomic E-state index is 0.587. The van der Waals surface area contributed by atoms with E-state index in [1.165, 1.54) is 0 Å². The maximum atomic E-state index is 9.48. The van der Waals surface area contributed by atoms with Crippen molar-refractivity contribution in [3.8, 4) is 85.1 Å². The summed E-state index contributed by atoms with van der Waals surface area (Å²) in [7, 11) is 0. The van der Waals surface area contributed by atoms with E-state index in [1.54, 1.807) is 0 Å². The Labute approximate surface area is 306 Å². The Morgan fingerprint density at radius 2 is 0.830 bits per heavy atom. The first-order valence-electron chi connectivity index (χ1n) is 17.3. The number of hydrogen-bond acceptors (Lipinski definition) is 6. The van der Waals surface area contributed by atoms with Gasteiger partial charge >= 0.3 is 0 Å². The fraction of sp³-hybridized carbons (Fsp3) is 0. The Morgan fingerprint density at radius 3 is 1.38 bits per heavy atom. The van der Waals surface area contributed by atoms with Gasteiger partial charge < -0.3 is 4.42 Å². The number of para-hydroxylation sites is 2. The Kier molecular flexibility index (Phi) is 8.12. The molecule has 7 aromatic carbocycles. The molecule has 6 heteroatoms. The molecule has 0 amide bonds. The zero-order valence-corrected chi connectivity index (χ0v) is 28.4. The predicted molar refractivity (Wildman–Crippen MR) is 210 cm³/mol. The fourth-order valence-electron chi connectivity index (χ4n) is 6.58. The molecular formula is C47H29N5O. The molecule has 0 aliphatic heterocycles. The van der Waals surface area contributed by atoms with Crippen LogP contribution in [0.25, 0.3) is 90.1 Å². The zero-order valence-electron chi connectivity index (χ0n) is 28.4. The van der Waals surface area contributed by atoms with Gasteiger partial charge in [-0.1, -0.05) is 140 Å². The normalized spacial score (nSPS) is 11.0. The van der Waals surface area contributed by atoms with E-state index in [0.717, 1.165) is 66.7 Å². The number of aromatic nitrogens is 4. The van der Waals surface area contributed by atoms with E-state index in [-0.39, 0.29) is 0 Å². The highest BCUT2D eigenvalue weighted by Crippen LogP contribution is 2.41. The van der Waals surface area contributed by atoms with Crippen molar-refractivity contribution in [2.75, 3.05) is 0 Å². The van der Waals surface area contributed by atoms with Crippen LogP contribution in [0.3, 0.4) is 0 Å². The number of rotatable bonds is 7. The third kappa shape index (κ3) is 6.24. The topological polar surface area (TPSA) is 88.5 Å². The van der Waals surface area contributed by atoms with Gasteiger partial charge in [0.15, 0.2) is 23.1 Å². The third-order valence-electron chi connectivity index (χ3n) is 9.26. The Balaban J connectivity index is 1.15. The maximum absolute atomic E-state index is 9.48. The van der Waals surface area contributed by atoms with Crippen LogP contribution in [0.1, 0.15) is 5.56 Å². The zero-order chi connectivity index (χ0) is 35.6. The lowest BCUT2D eigenvalue weighted by Gasteiger charge is -2.17. The molecule has 0 atom stereocenters. The van der Waals surface area contributed by atoms with Gasteiger partial charge in [0.25, 0.3) is 0 Å². The van der Waals surface area contributed by atoms with Crippen LogP contribution in [-0.4, -0.2) is 19.9 Å². The molecule has 0 saturated carbocycles. The van der Waals surface area contributed by atoms with Gasteiger partial charge in [-0.15, -0.1) is 0 Å². The van der Waals surface area contributed by atoms with Crippen LogP contribution in [0.5, 0.6) is 0 Å². The summed E-state index contributed by atoms with van der Waals surface area (Å²) in [5, 5.41) is 9.48. The van der Waals surface area contributed by atoms with Crippen LogP contribution in [0.2, 0.25) is 0 Å². The van der Waals surface area contributed by atoms with Gasteiger partial charge in [0.05, 0.1) is 11.6 Å². The van der Waals surface area contributed by atoms with Crippen LogP contribution < -0.4 is 0 Å². The Morgan fingerprint density at radius 1 is 0.377 bits per heavy atom. The minimum Gasteiger partial charge on any atom is -0.436 e. The van der Waals surface area contributed by atoms with Crippen molar-refractivity contribution in [2.24, 2.45) is 0 Å². The number of nitriles is 1.